The van der Waals surface area contributed by atoms with E-state index < -0.39 is 6.04 Å². The van der Waals surface area contributed by atoms with Gasteiger partial charge in [0.25, 0.3) is 5.91 Å². The molecule has 4 rings (SSSR count). The number of carbonyl (C=O) groups excluding carboxylic acids is 2. The molecule has 2 aromatic heterocycles. The Morgan fingerprint density at radius 2 is 1.86 bits per heavy atom. The molecule has 0 bridgehead atoms. The van der Waals surface area contributed by atoms with E-state index in [0.717, 1.165) is 11.0 Å². The number of hydrogen-bond acceptors (Lipinski definition) is 4. The molecule has 1 atom stereocenters. The summed E-state index contributed by atoms with van der Waals surface area (Å²) in [5.74, 6) is 0.394. The Labute approximate surface area is 172 Å². The lowest BCUT2D eigenvalue weighted by molar-refractivity contribution is 0.0909. The maximum Gasteiger partial charge on any atom is 0.287 e. The number of para-hydroxylation sites is 2. The van der Waals surface area contributed by atoms with E-state index in [1.807, 2.05) is 35.8 Å². The summed E-state index contributed by atoms with van der Waals surface area (Å²) in [6.07, 6.45) is 1.44. The van der Waals surface area contributed by atoms with Crippen LogP contribution in [-0.2, 0) is 6.54 Å². The van der Waals surface area contributed by atoms with Crippen LogP contribution in [0.3, 0.4) is 0 Å². The Balaban J connectivity index is 1.66. The number of ketones is 1. The molecule has 0 aliphatic rings. The second-order valence-electron chi connectivity index (χ2n) is 6.65. The number of fused-ring (bicyclic) bond motifs is 1. The Bertz CT molecular complexity index is 1160. The van der Waals surface area contributed by atoms with Crippen LogP contribution in [0.2, 0.25) is 5.02 Å². The number of amides is 1. The molecular formula is C22H18ClN3O3. The van der Waals surface area contributed by atoms with Gasteiger partial charge in [-0.25, -0.2) is 4.98 Å². The van der Waals surface area contributed by atoms with Crippen LogP contribution in [0.5, 0.6) is 0 Å². The van der Waals surface area contributed by atoms with Crippen molar-refractivity contribution in [3.63, 3.8) is 0 Å². The predicted molar refractivity (Wildman–Crippen MR) is 110 cm³/mol. The predicted octanol–water partition coefficient (Wildman–Crippen LogP) is 4.66. The standard InChI is InChI=1S/C22H18ClN3O3/c1-14(24-22(28)20-7-4-12-29-20)21-25-17-5-2-3-6-18(17)26(21)13-19(27)15-8-10-16(23)11-9-15/h2-12,14H,13H2,1H3,(H,24,28). The van der Waals surface area contributed by atoms with Crippen molar-refractivity contribution < 1.29 is 14.0 Å². The van der Waals surface area contributed by atoms with Gasteiger partial charge in [-0.3, -0.25) is 9.59 Å². The topological polar surface area (TPSA) is 77.1 Å². The lowest BCUT2D eigenvalue weighted by Gasteiger charge is -2.15. The smallest absolute Gasteiger partial charge is 0.287 e. The van der Waals surface area contributed by atoms with Crippen LogP contribution < -0.4 is 5.32 Å². The van der Waals surface area contributed by atoms with Crippen LogP contribution in [0.1, 0.15) is 39.7 Å². The number of halogens is 1. The van der Waals surface area contributed by atoms with E-state index in [9.17, 15) is 9.59 Å². The van der Waals surface area contributed by atoms with Crippen molar-refractivity contribution in [3.05, 3.63) is 89.1 Å². The number of carbonyl (C=O) groups is 2. The number of hydrogen-bond donors (Lipinski definition) is 1. The number of aromatic nitrogens is 2. The third-order valence-corrected chi connectivity index (χ3v) is 4.88. The van der Waals surface area contributed by atoms with Crippen LogP contribution in [0.15, 0.2) is 71.3 Å². The highest BCUT2D eigenvalue weighted by Gasteiger charge is 2.21. The summed E-state index contributed by atoms with van der Waals surface area (Å²) >= 11 is 5.92. The molecule has 4 aromatic rings. The van der Waals surface area contributed by atoms with Crippen LogP contribution in [0.25, 0.3) is 11.0 Å². The monoisotopic (exact) mass is 407 g/mol. The minimum absolute atomic E-state index is 0.0735. The zero-order valence-electron chi connectivity index (χ0n) is 15.6. The molecule has 0 radical (unpaired) electrons. The summed E-state index contributed by atoms with van der Waals surface area (Å²) in [5, 5.41) is 3.45. The number of nitrogens with zero attached hydrogens (tertiary/aromatic N) is 2. The molecule has 29 heavy (non-hydrogen) atoms. The SMILES string of the molecule is CC(NC(=O)c1ccco1)c1nc2ccccc2n1CC(=O)c1ccc(Cl)cc1. The summed E-state index contributed by atoms with van der Waals surface area (Å²) in [4.78, 5) is 29.9. The number of rotatable bonds is 6. The maximum absolute atomic E-state index is 12.9. The average Bonchev–Trinajstić information content (AvgIpc) is 3.37. The summed E-state index contributed by atoms with van der Waals surface area (Å²) < 4.78 is 6.98. The van der Waals surface area contributed by atoms with Gasteiger partial charge < -0.3 is 14.3 Å². The first-order chi connectivity index (χ1) is 14.0. The molecule has 0 aliphatic heterocycles. The zero-order chi connectivity index (χ0) is 20.4. The molecule has 0 fully saturated rings. The fraction of sp³-hybridized carbons (Fsp3) is 0.136. The van der Waals surface area contributed by atoms with Gasteiger partial charge >= 0.3 is 0 Å². The van der Waals surface area contributed by atoms with Crippen molar-refractivity contribution >= 4 is 34.3 Å². The van der Waals surface area contributed by atoms with Crippen LogP contribution in [0, 0.1) is 0 Å². The second kappa shape index (κ2) is 7.93. The molecule has 146 valence electrons. The lowest BCUT2D eigenvalue weighted by atomic mass is 10.1. The van der Waals surface area contributed by atoms with Gasteiger partial charge in [0.2, 0.25) is 0 Å². The molecule has 6 nitrogen and oxygen atoms in total. The minimum atomic E-state index is -0.432. The Morgan fingerprint density at radius 1 is 1.10 bits per heavy atom. The number of nitrogens with one attached hydrogen (secondary N) is 1. The zero-order valence-corrected chi connectivity index (χ0v) is 16.4. The first kappa shape index (κ1) is 19.0. The van der Waals surface area contributed by atoms with Gasteiger partial charge in [0.05, 0.1) is 29.9 Å². The Morgan fingerprint density at radius 3 is 2.59 bits per heavy atom. The highest BCUT2D eigenvalue weighted by atomic mass is 35.5. The van der Waals surface area contributed by atoms with Gasteiger partial charge in [-0.15, -0.1) is 0 Å². The van der Waals surface area contributed by atoms with E-state index in [1.165, 1.54) is 6.26 Å². The number of benzene rings is 2. The van der Waals surface area contributed by atoms with Crippen LogP contribution in [0.4, 0.5) is 0 Å². The van der Waals surface area contributed by atoms with E-state index in [4.69, 9.17) is 16.0 Å². The minimum Gasteiger partial charge on any atom is -0.459 e. The van der Waals surface area contributed by atoms with E-state index in [0.29, 0.717) is 16.4 Å². The number of furan rings is 1. The molecule has 1 amide bonds. The molecular weight excluding hydrogens is 390 g/mol. The fourth-order valence-corrected chi connectivity index (χ4v) is 3.33. The lowest BCUT2D eigenvalue weighted by Crippen LogP contribution is -2.29. The first-order valence-electron chi connectivity index (χ1n) is 9.11. The fourth-order valence-electron chi connectivity index (χ4n) is 3.20. The van der Waals surface area contributed by atoms with Crippen LogP contribution >= 0.6 is 11.6 Å². The highest BCUT2D eigenvalue weighted by Crippen LogP contribution is 2.22. The molecule has 2 aromatic carbocycles. The van der Waals surface area contributed by atoms with Crippen molar-refractivity contribution in [1.82, 2.24) is 14.9 Å². The summed E-state index contributed by atoms with van der Waals surface area (Å²) in [5.41, 5.74) is 2.14. The second-order valence-corrected chi connectivity index (χ2v) is 7.08. The Kier molecular flexibility index (Phi) is 5.18. The van der Waals surface area contributed by atoms with Crippen molar-refractivity contribution in [1.29, 1.82) is 0 Å². The van der Waals surface area contributed by atoms with Gasteiger partial charge in [0.1, 0.15) is 5.82 Å². The molecule has 0 saturated heterocycles. The molecule has 0 aliphatic carbocycles. The number of Topliss-reactive ketones (excluding diaryl/α,β-unsaturated/α-hetero) is 1. The van der Waals surface area contributed by atoms with Crippen molar-refractivity contribution in [2.24, 2.45) is 0 Å². The van der Waals surface area contributed by atoms with Crippen LogP contribution in [-0.4, -0.2) is 21.2 Å². The first-order valence-corrected chi connectivity index (χ1v) is 9.49. The Hall–Kier alpha value is -3.38. The largest absolute Gasteiger partial charge is 0.459 e. The normalized spacial score (nSPS) is 12.1. The van der Waals surface area contributed by atoms with Gasteiger partial charge in [0, 0.05) is 10.6 Å². The van der Waals surface area contributed by atoms with Crippen molar-refractivity contribution in [2.45, 2.75) is 19.5 Å². The van der Waals surface area contributed by atoms with Crippen molar-refractivity contribution in [3.8, 4) is 0 Å². The molecule has 7 heteroatoms. The molecule has 0 spiro atoms. The van der Waals surface area contributed by atoms with Gasteiger partial charge in [-0.1, -0.05) is 23.7 Å². The molecule has 1 N–H and O–H groups in total. The van der Waals surface area contributed by atoms with E-state index in [1.54, 1.807) is 36.4 Å². The highest BCUT2D eigenvalue weighted by molar-refractivity contribution is 6.30. The maximum atomic E-state index is 12.9. The van der Waals surface area contributed by atoms with E-state index in [-0.39, 0.29) is 24.0 Å². The third-order valence-electron chi connectivity index (χ3n) is 4.63. The quantitative estimate of drug-likeness (QED) is 0.472. The summed E-state index contributed by atoms with van der Waals surface area (Å²) in [7, 11) is 0. The van der Waals surface area contributed by atoms with Crippen molar-refractivity contribution in [2.75, 3.05) is 0 Å². The third kappa shape index (κ3) is 3.93. The molecule has 2 heterocycles. The summed E-state index contributed by atoms with van der Waals surface area (Å²) in [6, 6.07) is 17.1. The molecule has 0 saturated carbocycles. The average molecular weight is 408 g/mol. The van der Waals surface area contributed by atoms with Gasteiger partial charge in [-0.2, -0.15) is 0 Å². The number of imidazole rings is 1. The van der Waals surface area contributed by atoms with Gasteiger partial charge in [0.15, 0.2) is 11.5 Å². The molecule has 1 unspecified atom stereocenters. The summed E-state index contributed by atoms with van der Waals surface area (Å²) in [6.45, 7) is 1.92. The van der Waals surface area contributed by atoms with E-state index >= 15 is 0 Å². The van der Waals surface area contributed by atoms with E-state index in [2.05, 4.69) is 10.3 Å². The van der Waals surface area contributed by atoms with Gasteiger partial charge in [-0.05, 0) is 55.5 Å².